The van der Waals surface area contributed by atoms with Gasteiger partial charge in [-0.2, -0.15) is 5.10 Å². The molecular weight excluding hydrogens is 291 g/mol. The number of hydrogen-bond acceptors (Lipinski definition) is 5. The summed E-state index contributed by atoms with van der Waals surface area (Å²) in [5.41, 5.74) is 0.0356. The monoisotopic (exact) mass is 306 g/mol. The first kappa shape index (κ1) is 15.6. The van der Waals surface area contributed by atoms with E-state index in [2.05, 4.69) is 20.1 Å². The van der Waals surface area contributed by atoms with E-state index in [1.165, 1.54) is 42.6 Å². The van der Waals surface area contributed by atoms with Gasteiger partial charge in [-0.3, -0.25) is 4.79 Å². The van der Waals surface area contributed by atoms with E-state index < -0.39 is 29.8 Å². The number of carbonyl (C=O) groups excluding carboxylic acids is 2. The van der Waals surface area contributed by atoms with E-state index in [0.29, 0.717) is 0 Å². The van der Waals surface area contributed by atoms with E-state index >= 15 is 0 Å². The number of carbonyl (C=O) groups is 2. The molecule has 1 aromatic heterocycles. The molecule has 0 fully saturated rings. The van der Waals surface area contributed by atoms with Crippen molar-refractivity contribution in [2.75, 3.05) is 7.11 Å². The maximum Gasteiger partial charge on any atom is 0.333 e. The number of amides is 1. The number of halogens is 1. The van der Waals surface area contributed by atoms with Gasteiger partial charge in [-0.25, -0.2) is 18.9 Å². The molecule has 0 saturated heterocycles. The molecule has 0 saturated carbocycles. The molecule has 2 rings (SSSR count). The number of hydrogen-bond donors (Lipinski definition) is 1. The molecule has 0 unspecified atom stereocenters. The van der Waals surface area contributed by atoms with Gasteiger partial charge in [0.15, 0.2) is 6.04 Å². The minimum absolute atomic E-state index is 0.0356. The first-order valence-corrected chi connectivity index (χ1v) is 6.51. The van der Waals surface area contributed by atoms with Crippen molar-refractivity contribution in [3.8, 4) is 0 Å². The van der Waals surface area contributed by atoms with E-state index in [9.17, 15) is 14.0 Å². The Labute approximate surface area is 126 Å². The number of benzene rings is 1. The SMILES string of the molecule is COC(=O)[C@@H](NC(=O)[C@H](C)n1cncn1)c1ccccc1F. The van der Waals surface area contributed by atoms with Crippen molar-refractivity contribution in [3.05, 3.63) is 48.3 Å². The largest absolute Gasteiger partial charge is 0.467 e. The van der Waals surface area contributed by atoms with Gasteiger partial charge in [0, 0.05) is 5.56 Å². The molecule has 1 N–H and O–H groups in total. The fourth-order valence-electron chi connectivity index (χ4n) is 1.89. The van der Waals surface area contributed by atoms with Gasteiger partial charge in [0.2, 0.25) is 5.91 Å². The zero-order valence-corrected chi connectivity index (χ0v) is 12.1. The van der Waals surface area contributed by atoms with Crippen molar-refractivity contribution in [1.29, 1.82) is 0 Å². The molecule has 116 valence electrons. The van der Waals surface area contributed by atoms with Crippen LogP contribution >= 0.6 is 0 Å². The number of rotatable bonds is 5. The molecule has 0 spiro atoms. The molecule has 22 heavy (non-hydrogen) atoms. The van der Waals surface area contributed by atoms with Gasteiger partial charge >= 0.3 is 5.97 Å². The first-order valence-electron chi connectivity index (χ1n) is 6.51. The van der Waals surface area contributed by atoms with Crippen molar-refractivity contribution < 1.29 is 18.7 Å². The summed E-state index contributed by atoms with van der Waals surface area (Å²) in [6.45, 7) is 1.58. The molecule has 8 heteroatoms. The van der Waals surface area contributed by atoms with Crippen LogP contribution in [0.3, 0.4) is 0 Å². The Morgan fingerprint density at radius 3 is 2.68 bits per heavy atom. The number of ether oxygens (including phenoxy) is 1. The van der Waals surface area contributed by atoms with Crippen molar-refractivity contribution >= 4 is 11.9 Å². The fraction of sp³-hybridized carbons (Fsp3) is 0.286. The normalized spacial score (nSPS) is 13.2. The molecule has 7 nitrogen and oxygen atoms in total. The summed E-state index contributed by atoms with van der Waals surface area (Å²) in [7, 11) is 1.17. The number of methoxy groups -OCH3 is 1. The van der Waals surface area contributed by atoms with Crippen molar-refractivity contribution in [2.24, 2.45) is 0 Å². The Balaban J connectivity index is 2.22. The molecule has 2 aromatic rings. The second-order valence-electron chi connectivity index (χ2n) is 4.54. The molecular formula is C14H15FN4O3. The maximum atomic E-state index is 13.9. The lowest BCUT2D eigenvalue weighted by Gasteiger charge is -2.20. The summed E-state index contributed by atoms with van der Waals surface area (Å²) in [6.07, 6.45) is 2.67. The van der Waals surface area contributed by atoms with Gasteiger partial charge in [0.05, 0.1) is 7.11 Å². The van der Waals surface area contributed by atoms with Crippen molar-refractivity contribution in [2.45, 2.75) is 19.0 Å². The molecule has 1 amide bonds. The standard InChI is InChI=1S/C14H15FN4O3/c1-9(19-8-16-7-17-19)13(20)18-12(14(21)22-2)10-5-3-4-6-11(10)15/h3-9,12H,1-2H3,(H,18,20)/t9-,12-/m0/s1. The van der Waals surface area contributed by atoms with Crippen LogP contribution in [0.5, 0.6) is 0 Å². The number of aromatic nitrogens is 3. The summed E-state index contributed by atoms with van der Waals surface area (Å²) in [5, 5.41) is 6.33. The third kappa shape index (κ3) is 3.27. The molecule has 0 aliphatic carbocycles. The Morgan fingerprint density at radius 1 is 1.36 bits per heavy atom. The second kappa shape index (κ2) is 6.79. The second-order valence-corrected chi connectivity index (χ2v) is 4.54. The highest BCUT2D eigenvalue weighted by Crippen LogP contribution is 2.19. The zero-order valence-electron chi connectivity index (χ0n) is 12.1. The molecule has 2 atom stereocenters. The minimum Gasteiger partial charge on any atom is -0.467 e. The zero-order chi connectivity index (χ0) is 16.1. The minimum atomic E-state index is -1.23. The van der Waals surface area contributed by atoms with E-state index in [4.69, 9.17) is 0 Å². The van der Waals surface area contributed by atoms with Gasteiger partial charge in [0.25, 0.3) is 0 Å². The highest BCUT2D eigenvalue weighted by Gasteiger charge is 2.28. The predicted octanol–water partition coefficient (Wildman–Crippen LogP) is 1.01. The Hall–Kier alpha value is -2.77. The predicted molar refractivity (Wildman–Crippen MR) is 74.0 cm³/mol. The van der Waals surface area contributed by atoms with Crippen LogP contribution in [0, 0.1) is 5.82 Å². The van der Waals surface area contributed by atoms with Crippen molar-refractivity contribution in [1.82, 2.24) is 20.1 Å². The highest BCUT2D eigenvalue weighted by molar-refractivity contribution is 5.87. The average molecular weight is 306 g/mol. The quantitative estimate of drug-likeness (QED) is 0.833. The van der Waals surface area contributed by atoms with Crippen molar-refractivity contribution in [3.63, 3.8) is 0 Å². The smallest absolute Gasteiger partial charge is 0.333 e. The van der Waals surface area contributed by atoms with Gasteiger partial charge in [-0.1, -0.05) is 18.2 Å². The summed E-state index contributed by atoms with van der Waals surface area (Å²) in [4.78, 5) is 27.8. The molecule has 0 bridgehead atoms. The highest BCUT2D eigenvalue weighted by atomic mass is 19.1. The fourth-order valence-corrected chi connectivity index (χ4v) is 1.89. The number of nitrogens with zero attached hydrogens (tertiary/aromatic N) is 3. The van der Waals surface area contributed by atoms with Crippen LogP contribution in [0.4, 0.5) is 4.39 Å². The average Bonchev–Trinajstić information content (AvgIpc) is 3.06. The van der Waals surface area contributed by atoms with E-state index in [1.807, 2.05) is 0 Å². The number of esters is 1. The third-order valence-corrected chi connectivity index (χ3v) is 3.15. The van der Waals surface area contributed by atoms with E-state index in [0.717, 1.165) is 0 Å². The lowest BCUT2D eigenvalue weighted by Crippen LogP contribution is -2.38. The maximum absolute atomic E-state index is 13.9. The molecule has 0 radical (unpaired) electrons. The van der Waals surface area contributed by atoms with Crippen LogP contribution in [0.2, 0.25) is 0 Å². The third-order valence-electron chi connectivity index (χ3n) is 3.15. The van der Waals surface area contributed by atoms with Crippen LogP contribution in [-0.4, -0.2) is 33.8 Å². The number of nitrogens with one attached hydrogen (secondary N) is 1. The Bertz CT molecular complexity index is 660. The molecule has 1 heterocycles. The summed E-state index contributed by atoms with van der Waals surface area (Å²) < 4.78 is 19.8. The van der Waals surface area contributed by atoms with Gasteiger partial charge < -0.3 is 10.1 Å². The first-order chi connectivity index (χ1) is 10.5. The summed E-state index contributed by atoms with van der Waals surface area (Å²) in [5.74, 6) is -1.87. The Morgan fingerprint density at radius 2 is 2.09 bits per heavy atom. The van der Waals surface area contributed by atoms with Crippen LogP contribution in [-0.2, 0) is 14.3 Å². The van der Waals surface area contributed by atoms with Crippen LogP contribution in [0.15, 0.2) is 36.9 Å². The topological polar surface area (TPSA) is 86.1 Å². The van der Waals surface area contributed by atoms with Crippen LogP contribution < -0.4 is 5.32 Å². The van der Waals surface area contributed by atoms with E-state index in [1.54, 1.807) is 13.0 Å². The Kier molecular flexibility index (Phi) is 4.82. The summed E-state index contributed by atoms with van der Waals surface area (Å²) in [6, 6.07) is 3.75. The molecule has 0 aliphatic heterocycles. The van der Waals surface area contributed by atoms with E-state index in [-0.39, 0.29) is 5.56 Å². The molecule has 0 aliphatic rings. The van der Waals surface area contributed by atoms with Gasteiger partial charge in [0.1, 0.15) is 24.5 Å². The lowest BCUT2D eigenvalue weighted by atomic mass is 10.1. The van der Waals surface area contributed by atoms with Gasteiger partial charge in [-0.05, 0) is 13.0 Å². The molecule has 1 aromatic carbocycles. The van der Waals surface area contributed by atoms with Gasteiger partial charge in [-0.15, -0.1) is 0 Å². The summed E-state index contributed by atoms with van der Waals surface area (Å²) >= 11 is 0. The van der Waals surface area contributed by atoms with Crippen LogP contribution in [0.25, 0.3) is 0 Å². The lowest BCUT2D eigenvalue weighted by molar-refractivity contribution is -0.145. The van der Waals surface area contributed by atoms with Crippen LogP contribution in [0.1, 0.15) is 24.6 Å².